The van der Waals surface area contributed by atoms with Gasteiger partial charge in [0.1, 0.15) is 0 Å². The number of rotatable bonds is 2. The van der Waals surface area contributed by atoms with Crippen molar-refractivity contribution in [1.29, 1.82) is 0 Å². The van der Waals surface area contributed by atoms with Crippen LogP contribution < -0.4 is 10.4 Å². The van der Waals surface area contributed by atoms with Crippen LogP contribution in [0.5, 0.6) is 0 Å². The zero-order valence-electron chi connectivity index (χ0n) is 10.5. The Morgan fingerprint density at radius 3 is 2.89 bits per heavy atom. The second-order valence-corrected chi connectivity index (χ2v) is 4.75. The van der Waals surface area contributed by atoms with Gasteiger partial charge in [-0.3, -0.25) is 4.79 Å². The van der Waals surface area contributed by atoms with E-state index in [2.05, 4.69) is 18.2 Å². The van der Waals surface area contributed by atoms with Gasteiger partial charge in [-0.05, 0) is 39.7 Å². The number of carboxylic acid groups (broad SMARTS) is 1. The van der Waals surface area contributed by atoms with E-state index in [1.807, 2.05) is 36.4 Å². The number of fused-ring (bicyclic) bond motifs is 2. The van der Waals surface area contributed by atoms with Crippen LogP contribution >= 0.6 is 0 Å². The molecule has 3 rings (SSSR count). The van der Waals surface area contributed by atoms with Crippen LogP contribution in [0.4, 0.5) is 0 Å². The van der Waals surface area contributed by atoms with Crippen molar-refractivity contribution in [3.05, 3.63) is 70.2 Å². The Balaban J connectivity index is 2.30. The van der Waals surface area contributed by atoms with Gasteiger partial charge in [0.15, 0.2) is 0 Å². The van der Waals surface area contributed by atoms with Crippen LogP contribution in [-0.2, 0) is 4.79 Å². The van der Waals surface area contributed by atoms with Gasteiger partial charge in [-0.15, -0.1) is 0 Å². The SMILES string of the molecule is O=C(O)CC1=c2ccccc2=CC2=CC=CCC2=C1. The molecule has 1 N–H and O–H groups in total. The number of carboxylic acids is 1. The van der Waals surface area contributed by atoms with Crippen molar-refractivity contribution in [3.8, 4) is 0 Å². The molecule has 0 aliphatic heterocycles. The standard InChI is InChI=1S/C17H14O2/c18-17(19)11-15-10-13-6-2-1-5-12(13)9-14-7-3-4-8-16(14)15/h1-5,7-10H,6,11H2,(H,18,19). The van der Waals surface area contributed by atoms with E-state index < -0.39 is 5.97 Å². The maximum Gasteiger partial charge on any atom is 0.307 e. The first-order chi connectivity index (χ1) is 9.24. The Kier molecular flexibility index (Phi) is 2.92. The van der Waals surface area contributed by atoms with Crippen LogP contribution in [0.15, 0.2) is 59.7 Å². The lowest BCUT2D eigenvalue weighted by Crippen LogP contribution is -2.26. The molecular formula is C17H14O2. The van der Waals surface area contributed by atoms with Gasteiger partial charge in [0.2, 0.25) is 0 Å². The summed E-state index contributed by atoms with van der Waals surface area (Å²) in [6.45, 7) is 0. The minimum Gasteiger partial charge on any atom is -0.481 e. The summed E-state index contributed by atoms with van der Waals surface area (Å²) < 4.78 is 0. The van der Waals surface area contributed by atoms with E-state index in [4.69, 9.17) is 5.11 Å². The van der Waals surface area contributed by atoms with Gasteiger partial charge in [-0.2, -0.15) is 0 Å². The second-order valence-electron chi connectivity index (χ2n) is 4.75. The largest absolute Gasteiger partial charge is 0.481 e. The highest BCUT2D eigenvalue weighted by atomic mass is 16.4. The Hall–Kier alpha value is -2.35. The van der Waals surface area contributed by atoms with Gasteiger partial charge in [0, 0.05) is 0 Å². The van der Waals surface area contributed by atoms with Crippen molar-refractivity contribution < 1.29 is 9.90 Å². The maximum absolute atomic E-state index is 11.1. The highest BCUT2D eigenvalue weighted by Crippen LogP contribution is 2.24. The molecule has 0 atom stereocenters. The topological polar surface area (TPSA) is 37.3 Å². The summed E-state index contributed by atoms with van der Waals surface area (Å²) in [6, 6.07) is 7.96. The van der Waals surface area contributed by atoms with Crippen LogP contribution in [0, 0.1) is 0 Å². The average molecular weight is 250 g/mol. The average Bonchev–Trinajstić information content (AvgIpc) is 2.55. The van der Waals surface area contributed by atoms with Crippen molar-refractivity contribution in [1.82, 2.24) is 0 Å². The minimum absolute atomic E-state index is 0.0609. The molecule has 2 nitrogen and oxygen atoms in total. The highest BCUT2D eigenvalue weighted by molar-refractivity contribution is 5.83. The van der Waals surface area contributed by atoms with Crippen molar-refractivity contribution in [2.75, 3.05) is 0 Å². The quantitative estimate of drug-likeness (QED) is 0.870. The molecule has 1 aromatic carbocycles. The van der Waals surface area contributed by atoms with Crippen LogP contribution in [0.2, 0.25) is 0 Å². The lowest BCUT2D eigenvalue weighted by Gasteiger charge is -2.09. The van der Waals surface area contributed by atoms with E-state index in [-0.39, 0.29) is 6.42 Å². The number of allylic oxidation sites excluding steroid dienone is 6. The van der Waals surface area contributed by atoms with Gasteiger partial charge < -0.3 is 5.11 Å². The monoisotopic (exact) mass is 250 g/mol. The van der Waals surface area contributed by atoms with Crippen molar-refractivity contribution in [2.45, 2.75) is 12.8 Å². The summed E-state index contributed by atoms with van der Waals surface area (Å²) in [7, 11) is 0. The summed E-state index contributed by atoms with van der Waals surface area (Å²) in [5.41, 5.74) is 3.25. The smallest absolute Gasteiger partial charge is 0.307 e. The van der Waals surface area contributed by atoms with Crippen LogP contribution in [0.3, 0.4) is 0 Å². The van der Waals surface area contributed by atoms with E-state index in [1.165, 1.54) is 11.1 Å². The molecule has 0 bridgehead atoms. The third-order valence-electron chi connectivity index (χ3n) is 3.43. The molecule has 0 radical (unpaired) electrons. The van der Waals surface area contributed by atoms with Gasteiger partial charge in [0.05, 0.1) is 6.42 Å². The molecule has 19 heavy (non-hydrogen) atoms. The number of carbonyl (C=O) groups is 1. The normalized spacial score (nSPS) is 16.5. The predicted octanol–water partition coefficient (Wildman–Crippen LogP) is 1.92. The molecule has 2 aliphatic carbocycles. The summed E-state index contributed by atoms with van der Waals surface area (Å²) >= 11 is 0. The zero-order chi connectivity index (χ0) is 13.2. The van der Waals surface area contributed by atoms with E-state index in [0.29, 0.717) is 0 Å². The molecule has 1 aromatic rings. The van der Waals surface area contributed by atoms with E-state index in [9.17, 15) is 4.79 Å². The van der Waals surface area contributed by atoms with Crippen LogP contribution in [-0.4, -0.2) is 11.1 Å². The minimum atomic E-state index is -0.791. The molecule has 0 unspecified atom stereocenters. The van der Waals surface area contributed by atoms with Crippen LogP contribution in [0.1, 0.15) is 12.8 Å². The molecule has 0 saturated heterocycles. The van der Waals surface area contributed by atoms with Gasteiger partial charge in [-0.1, -0.05) is 48.6 Å². The molecular weight excluding hydrogens is 236 g/mol. The molecule has 0 saturated carbocycles. The van der Waals surface area contributed by atoms with Crippen molar-refractivity contribution in [3.63, 3.8) is 0 Å². The van der Waals surface area contributed by atoms with Crippen LogP contribution in [0.25, 0.3) is 11.6 Å². The number of aliphatic carboxylic acids is 1. The summed E-state index contributed by atoms with van der Waals surface area (Å²) in [6.07, 6.45) is 11.3. The fourth-order valence-electron chi connectivity index (χ4n) is 2.55. The molecule has 0 spiro atoms. The van der Waals surface area contributed by atoms with E-state index in [0.717, 1.165) is 22.4 Å². The number of benzene rings is 1. The Labute approximate surface area is 111 Å². The van der Waals surface area contributed by atoms with E-state index in [1.54, 1.807) is 0 Å². The molecule has 2 heteroatoms. The molecule has 2 aliphatic rings. The number of hydrogen-bond donors (Lipinski definition) is 1. The highest BCUT2D eigenvalue weighted by Gasteiger charge is 2.11. The predicted molar refractivity (Wildman–Crippen MR) is 75.7 cm³/mol. The van der Waals surface area contributed by atoms with Gasteiger partial charge in [-0.25, -0.2) is 0 Å². The molecule has 94 valence electrons. The summed E-state index contributed by atoms with van der Waals surface area (Å²) in [5.74, 6) is -0.791. The first-order valence-corrected chi connectivity index (χ1v) is 6.33. The Bertz CT molecular complexity index is 746. The maximum atomic E-state index is 11.1. The molecule has 0 fully saturated rings. The fraction of sp³-hybridized carbons (Fsp3) is 0.118. The lowest BCUT2D eigenvalue weighted by molar-refractivity contribution is -0.135. The second kappa shape index (κ2) is 4.73. The van der Waals surface area contributed by atoms with E-state index >= 15 is 0 Å². The number of hydrogen-bond acceptors (Lipinski definition) is 1. The summed E-state index contributed by atoms with van der Waals surface area (Å²) in [5, 5.41) is 11.2. The first kappa shape index (κ1) is 11.7. The molecule has 0 heterocycles. The summed E-state index contributed by atoms with van der Waals surface area (Å²) in [4.78, 5) is 11.1. The Morgan fingerprint density at radius 1 is 1.21 bits per heavy atom. The third kappa shape index (κ3) is 2.29. The van der Waals surface area contributed by atoms with Crippen molar-refractivity contribution >= 4 is 17.6 Å². The first-order valence-electron chi connectivity index (χ1n) is 6.33. The third-order valence-corrected chi connectivity index (χ3v) is 3.43. The molecule has 0 amide bonds. The van der Waals surface area contributed by atoms with Gasteiger partial charge >= 0.3 is 5.97 Å². The lowest BCUT2D eigenvalue weighted by atomic mass is 9.96. The Morgan fingerprint density at radius 2 is 2.05 bits per heavy atom. The van der Waals surface area contributed by atoms with Crippen molar-refractivity contribution in [2.24, 2.45) is 0 Å². The molecule has 0 aromatic heterocycles. The fourth-order valence-corrected chi connectivity index (χ4v) is 2.55. The van der Waals surface area contributed by atoms with Gasteiger partial charge in [0.25, 0.3) is 0 Å². The zero-order valence-corrected chi connectivity index (χ0v) is 10.5.